The summed E-state index contributed by atoms with van der Waals surface area (Å²) < 4.78 is 0. The highest BCUT2D eigenvalue weighted by molar-refractivity contribution is 7.97. The molecule has 0 radical (unpaired) electrons. The van der Waals surface area contributed by atoms with Crippen molar-refractivity contribution in [1.29, 1.82) is 0 Å². The Morgan fingerprint density at radius 2 is 2.50 bits per heavy atom. The first-order valence-corrected chi connectivity index (χ1v) is 2.99. The van der Waals surface area contributed by atoms with Gasteiger partial charge in [0.25, 0.3) is 0 Å². The van der Waals surface area contributed by atoms with Crippen molar-refractivity contribution in [2.45, 2.75) is 0 Å². The monoisotopic (exact) mass is 126 g/mol. The minimum absolute atomic E-state index is 0.767. The van der Waals surface area contributed by atoms with Gasteiger partial charge in [0.15, 0.2) is 0 Å². The fourth-order valence-electron chi connectivity index (χ4n) is 0.0975. The molecule has 0 heterocycles. The Bertz CT molecular complexity index is 23.5. The van der Waals surface area contributed by atoms with E-state index < -0.39 is 0 Å². The van der Waals surface area contributed by atoms with Crippen LogP contribution in [0.5, 0.6) is 0 Å². The van der Waals surface area contributed by atoms with Gasteiger partial charge in [0, 0.05) is 12.3 Å². The van der Waals surface area contributed by atoms with E-state index in [-0.39, 0.29) is 0 Å². The molecule has 0 unspecified atom stereocenters. The van der Waals surface area contributed by atoms with Crippen LogP contribution >= 0.6 is 23.7 Å². The molecule has 0 aliphatic rings. The maximum atomic E-state index is 5.06. The molecule has 0 rings (SSSR count). The predicted octanol–water partition coefficient (Wildman–Crippen LogP) is 0.337. The summed E-state index contributed by atoms with van der Waals surface area (Å²) in [5.74, 6) is 0.865. The molecule has 0 aliphatic heterocycles. The van der Waals surface area contributed by atoms with Crippen molar-refractivity contribution in [1.82, 2.24) is 4.84 Å². The van der Waals surface area contributed by atoms with E-state index in [4.69, 9.17) is 16.9 Å². The lowest BCUT2D eigenvalue weighted by atomic mass is 10.8. The molecule has 0 saturated heterocycles. The van der Waals surface area contributed by atoms with Crippen LogP contribution in [0.3, 0.4) is 0 Å². The third kappa shape index (κ3) is 4.56. The largest absolute Gasteiger partial charge is 0.278 e. The zero-order valence-corrected chi connectivity index (χ0v) is 4.85. The Balaban J connectivity index is 2.34. The standard InChI is InChI=1S/C2H7ClN2S/c3-5-1-2-6-4/h5H,1-2,4H2. The zero-order chi connectivity index (χ0) is 4.83. The van der Waals surface area contributed by atoms with Crippen molar-refractivity contribution in [3.8, 4) is 0 Å². The first-order chi connectivity index (χ1) is 2.91. The van der Waals surface area contributed by atoms with Gasteiger partial charge in [-0.2, -0.15) is 0 Å². The normalized spacial score (nSPS) is 9.00. The molecule has 0 atom stereocenters. The lowest BCUT2D eigenvalue weighted by molar-refractivity contribution is 1.03. The van der Waals surface area contributed by atoms with Gasteiger partial charge in [0.1, 0.15) is 0 Å². The topological polar surface area (TPSA) is 38.0 Å². The molecule has 3 N–H and O–H groups in total. The molecule has 6 heavy (non-hydrogen) atoms. The van der Waals surface area contributed by atoms with Crippen LogP contribution in [0, 0.1) is 0 Å². The molecule has 38 valence electrons. The second-order valence-electron chi connectivity index (χ2n) is 0.754. The SMILES string of the molecule is NSCCNCl. The number of halogens is 1. The molecule has 0 aromatic rings. The summed E-state index contributed by atoms with van der Waals surface area (Å²) in [6.07, 6.45) is 0. The van der Waals surface area contributed by atoms with E-state index in [9.17, 15) is 0 Å². The maximum absolute atomic E-state index is 5.06. The van der Waals surface area contributed by atoms with Crippen LogP contribution in [-0.4, -0.2) is 12.3 Å². The summed E-state index contributed by atoms with van der Waals surface area (Å²) in [5, 5.41) is 5.03. The molecule has 0 amide bonds. The van der Waals surface area contributed by atoms with Crippen molar-refractivity contribution >= 4 is 23.7 Å². The molecular formula is C2H7ClN2S. The molecule has 0 fully saturated rings. The average Bonchev–Trinajstić information content (AvgIpc) is 1.61. The highest BCUT2D eigenvalue weighted by Crippen LogP contribution is 1.80. The van der Waals surface area contributed by atoms with Crippen LogP contribution < -0.4 is 9.97 Å². The molecule has 4 heteroatoms. The minimum atomic E-state index is 0.767. The van der Waals surface area contributed by atoms with Gasteiger partial charge in [-0.05, 0) is 11.8 Å². The van der Waals surface area contributed by atoms with Crippen LogP contribution in [0.4, 0.5) is 0 Å². The molecule has 0 aromatic heterocycles. The van der Waals surface area contributed by atoms with E-state index in [0.717, 1.165) is 12.3 Å². The number of nitrogens with two attached hydrogens (primary N) is 1. The van der Waals surface area contributed by atoms with Gasteiger partial charge in [-0.25, -0.2) is 4.84 Å². The smallest absolute Gasteiger partial charge is 0.0215 e. The van der Waals surface area contributed by atoms with Crippen molar-refractivity contribution in [2.24, 2.45) is 5.14 Å². The van der Waals surface area contributed by atoms with E-state index in [1.807, 2.05) is 0 Å². The maximum Gasteiger partial charge on any atom is 0.0215 e. The molecule has 0 bridgehead atoms. The molecule has 0 spiro atoms. The fraction of sp³-hybridized carbons (Fsp3) is 1.00. The van der Waals surface area contributed by atoms with Crippen LogP contribution in [-0.2, 0) is 0 Å². The summed E-state index contributed by atoms with van der Waals surface area (Å²) in [4.78, 5) is 2.44. The van der Waals surface area contributed by atoms with E-state index in [1.54, 1.807) is 0 Å². The summed E-state index contributed by atoms with van der Waals surface area (Å²) in [6.45, 7) is 0.767. The highest BCUT2D eigenvalue weighted by atomic mass is 35.5. The quantitative estimate of drug-likeness (QED) is 0.325. The van der Waals surface area contributed by atoms with E-state index in [1.165, 1.54) is 11.9 Å². The Labute approximate surface area is 46.7 Å². The predicted molar refractivity (Wildman–Crippen MR) is 30.5 cm³/mol. The van der Waals surface area contributed by atoms with Crippen LogP contribution in [0.25, 0.3) is 0 Å². The van der Waals surface area contributed by atoms with Gasteiger partial charge in [-0.1, -0.05) is 11.9 Å². The fourth-order valence-corrected chi connectivity index (χ4v) is 0.524. The molecule has 2 nitrogen and oxygen atoms in total. The zero-order valence-electron chi connectivity index (χ0n) is 3.28. The third-order valence-corrected chi connectivity index (χ3v) is 0.943. The Kier molecular flexibility index (Phi) is 6.08. The van der Waals surface area contributed by atoms with Crippen molar-refractivity contribution in [3.05, 3.63) is 0 Å². The van der Waals surface area contributed by atoms with Crippen LogP contribution in [0.15, 0.2) is 0 Å². The molecule has 0 saturated carbocycles. The summed E-state index contributed by atoms with van der Waals surface area (Å²) >= 11 is 6.34. The Morgan fingerprint density at radius 3 is 2.67 bits per heavy atom. The number of rotatable bonds is 3. The van der Waals surface area contributed by atoms with E-state index >= 15 is 0 Å². The van der Waals surface area contributed by atoms with Gasteiger partial charge in [0.2, 0.25) is 0 Å². The first-order valence-electron chi connectivity index (χ1n) is 1.57. The molecular weight excluding hydrogens is 120 g/mol. The van der Waals surface area contributed by atoms with E-state index in [2.05, 4.69) is 4.84 Å². The van der Waals surface area contributed by atoms with E-state index in [0.29, 0.717) is 0 Å². The molecule has 0 aliphatic carbocycles. The van der Waals surface area contributed by atoms with Gasteiger partial charge in [-0.3, -0.25) is 5.14 Å². The van der Waals surface area contributed by atoms with Crippen molar-refractivity contribution in [3.63, 3.8) is 0 Å². The van der Waals surface area contributed by atoms with Crippen molar-refractivity contribution in [2.75, 3.05) is 12.3 Å². The lowest BCUT2D eigenvalue weighted by Crippen LogP contribution is -2.04. The second-order valence-corrected chi connectivity index (χ2v) is 1.76. The summed E-state index contributed by atoms with van der Waals surface area (Å²) in [5.41, 5.74) is 0. The summed E-state index contributed by atoms with van der Waals surface area (Å²) in [7, 11) is 0. The highest BCUT2D eigenvalue weighted by Gasteiger charge is 1.75. The number of nitrogens with one attached hydrogen (secondary N) is 1. The van der Waals surface area contributed by atoms with Gasteiger partial charge in [0.05, 0.1) is 0 Å². The second kappa shape index (κ2) is 5.56. The minimum Gasteiger partial charge on any atom is -0.278 e. The van der Waals surface area contributed by atoms with Crippen LogP contribution in [0.1, 0.15) is 0 Å². The van der Waals surface area contributed by atoms with Crippen molar-refractivity contribution < 1.29 is 0 Å². The number of hydrogen-bond acceptors (Lipinski definition) is 3. The molecule has 0 aromatic carbocycles. The Morgan fingerprint density at radius 1 is 1.83 bits per heavy atom. The summed E-state index contributed by atoms with van der Waals surface area (Å²) in [6, 6.07) is 0. The Hall–Kier alpha value is 0.560. The number of hydrogen-bond donors (Lipinski definition) is 2. The third-order valence-electron chi connectivity index (χ3n) is 0.314. The van der Waals surface area contributed by atoms with Crippen LogP contribution in [0.2, 0.25) is 0 Å². The van der Waals surface area contributed by atoms with Gasteiger partial charge in [-0.15, -0.1) is 0 Å². The lowest BCUT2D eigenvalue weighted by Gasteiger charge is -1.87. The van der Waals surface area contributed by atoms with Gasteiger partial charge >= 0.3 is 0 Å². The van der Waals surface area contributed by atoms with Gasteiger partial charge < -0.3 is 0 Å². The first kappa shape index (κ1) is 6.56. The average molecular weight is 127 g/mol.